The summed E-state index contributed by atoms with van der Waals surface area (Å²) in [5.41, 5.74) is 0.667. The van der Waals surface area contributed by atoms with Gasteiger partial charge < -0.3 is 0 Å². The molecule has 0 aliphatic carbocycles. The molecule has 1 aromatic heterocycles. The van der Waals surface area contributed by atoms with Crippen molar-refractivity contribution in [1.29, 1.82) is 0 Å². The van der Waals surface area contributed by atoms with E-state index >= 15 is 0 Å². The standard InChI is InChI=1S/C9H4BrFIN/c10-8-7(11)2-1-5-3-6(12)4-13-9(5)8/h1-4H. The Morgan fingerprint density at radius 1 is 1.38 bits per heavy atom. The maximum Gasteiger partial charge on any atom is 0.139 e. The monoisotopic (exact) mass is 351 g/mol. The highest BCUT2D eigenvalue weighted by Crippen LogP contribution is 2.25. The molecular weight excluding hydrogens is 348 g/mol. The third-order valence-corrected chi connectivity index (χ3v) is 3.05. The lowest BCUT2D eigenvalue weighted by atomic mass is 10.2. The Balaban J connectivity index is 2.87. The highest BCUT2D eigenvalue weighted by Gasteiger charge is 2.05. The molecule has 1 heterocycles. The van der Waals surface area contributed by atoms with Gasteiger partial charge in [0.25, 0.3) is 0 Å². The molecule has 0 amide bonds. The van der Waals surface area contributed by atoms with Crippen molar-refractivity contribution in [3.63, 3.8) is 0 Å². The lowest BCUT2D eigenvalue weighted by Gasteiger charge is -2.00. The average molecular weight is 352 g/mol. The Kier molecular flexibility index (Phi) is 2.51. The Hall–Kier alpha value is -0.230. The fraction of sp³-hybridized carbons (Fsp3) is 0. The molecule has 0 spiro atoms. The van der Waals surface area contributed by atoms with E-state index in [4.69, 9.17) is 0 Å². The zero-order chi connectivity index (χ0) is 9.42. The number of hydrogen-bond acceptors (Lipinski definition) is 1. The smallest absolute Gasteiger partial charge is 0.139 e. The van der Waals surface area contributed by atoms with E-state index in [1.807, 2.05) is 6.07 Å². The molecule has 66 valence electrons. The van der Waals surface area contributed by atoms with E-state index in [1.54, 1.807) is 12.3 Å². The number of aromatic nitrogens is 1. The van der Waals surface area contributed by atoms with Crippen molar-refractivity contribution in [2.75, 3.05) is 0 Å². The minimum atomic E-state index is -0.277. The van der Waals surface area contributed by atoms with Crippen LogP contribution in [0.25, 0.3) is 10.9 Å². The summed E-state index contributed by atoms with van der Waals surface area (Å²) >= 11 is 5.34. The van der Waals surface area contributed by atoms with Crippen LogP contribution in [0.2, 0.25) is 0 Å². The third-order valence-electron chi connectivity index (χ3n) is 1.71. The minimum absolute atomic E-state index is 0.277. The van der Waals surface area contributed by atoms with Crippen molar-refractivity contribution in [2.45, 2.75) is 0 Å². The zero-order valence-corrected chi connectivity index (χ0v) is 10.1. The molecule has 4 heteroatoms. The first-order valence-corrected chi connectivity index (χ1v) is 5.45. The first-order valence-electron chi connectivity index (χ1n) is 3.58. The Labute approximate surface area is 96.6 Å². The second kappa shape index (κ2) is 3.49. The van der Waals surface area contributed by atoms with E-state index in [0.717, 1.165) is 8.96 Å². The van der Waals surface area contributed by atoms with Gasteiger partial charge in [0.1, 0.15) is 5.82 Å². The van der Waals surface area contributed by atoms with Gasteiger partial charge in [-0.15, -0.1) is 0 Å². The van der Waals surface area contributed by atoms with Crippen LogP contribution in [0.5, 0.6) is 0 Å². The van der Waals surface area contributed by atoms with Crippen LogP contribution < -0.4 is 0 Å². The summed E-state index contributed by atoms with van der Waals surface area (Å²) in [5, 5.41) is 0.945. The summed E-state index contributed by atoms with van der Waals surface area (Å²) in [4.78, 5) is 4.15. The van der Waals surface area contributed by atoms with Crippen LogP contribution in [-0.2, 0) is 0 Å². The number of benzene rings is 1. The quantitative estimate of drug-likeness (QED) is 0.659. The summed E-state index contributed by atoms with van der Waals surface area (Å²) in [6.07, 6.45) is 1.72. The van der Waals surface area contributed by atoms with E-state index < -0.39 is 0 Å². The molecule has 0 atom stereocenters. The van der Waals surface area contributed by atoms with Gasteiger partial charge in [0, 0.05) is 15.2 Å². The number of pyridine rings is 1. The molecular formula is C9H4BrFIN. The highest BCUT2D eigenvalue weighted by atomic mass is 127. The van der Waals surface area contributed by atoms with Crippen LogP contribution in [0.4, 0.5) is 4.39 Å². The molecule has 0 aliphatic rings. The first kappa shape index (κ1) is 9.33. The zero-order valence-electron chi connectivity index (χ0n) is 6.39. The van der Waals surface area contributed by atoms with E-state index in [1.165, 1.54) is 6.07 Å². The van der Waals surface area contributed by atoms with Gasteiger partial charge in [-0.05, 0) is 56.7 Å². The summed E-state index contributed by atoms with van der Waals surface area (Å²) in [5.74, 6) is -0.277. The molecule has 0 radical (unpaired) electrons. The van der Waals surface area contributed by atoms with Crippen LogP contribution in [0.1, 0.15) is 0 Å². The minimum Gasteiger partial charge on any atom is -0.254 e. The molecule has 2 aromatic rings. The van der Waals surface area contributed by atoms with Gasteiger partial charge in [0.2, 0.25) is 0 Å². The molecule has 0 bridgehead atoms. The largest absolute Gasteiger partial charge is 0.254 e. The fourth-order valence-electron chi connectivity index (χ4n) is 1.11. The SMILES string of the molecule is Fc1ccc2cc(I)cnc2c1Br. The maximum atomic E-state index is 13.1. The third kappa shape index (κ3) is 1.69. The van der Waals surface area contributed by atoms with Crippen molar-refractivity contribution < 1.29 is 4.39 Å². The van der Waals surface area contributed by atoms with E-state index in [0.29, 0.717) is 9.99 Å². The summed E-state index contributed by atoms with van der Waals surface area (Å²) in [7, 11) is 0. The number of nitrogens with zero attached hydrogens (tertiary/aromatic N) is 1. The van der Waals surface area contributed by atoms with Crippen molar-refractivity contribution in [1.82, 2.24) is 4.98 Å². The van der Waals surface area contributed by atoms with E-state index in [2.05, 4.69) is 43.5 Å². The number of rotatable bonds is 0. The van der Waals surface area contributed by atoms with Crippen LogP contribution in [0.15, 0.2) is 28.9 Å². The number of fused-ring (bicyclic) bond motifs is 1. The molecule has 1 aromatic carbocycles. The Morgan fingerprint density at radius 2 is 2.15 bits per heavy atom. The molecule has 0 unspecified atom stereocenters. The van der Waals surface area contributed by atoms with Crippen molar-refractivity contribution >= 4 is 49.4 Å². The molecule has 0 saturated carbocycles. The maximum absolute atomic E-state index is 13.1. The van der Waals surface area contributed by atoms with Crippen molar-refractivity contribution in [3.05, 3.63) is 38.3 Å². The predicted octanol–water partition coefficient (Wildman–Crippen LogP) is 3.74. The lowest BCUT2D eigenvalue weighted by molar-refractivity contribution is 0.623. The van der Waals surface area contributed by atoms with E-state index in [-0.39, 0.29) is 5.82 Å². The molecule has 13 heavy (non-hydrogen) atoms. The van der Waals surface area contributed by atoms with Gasteiger partial charge in [-0.2, -0.15) is 0 Å². The molecule has 2 rings (SSSR count). The number of halogens is 3. The molecule has 0 N–H and O–H groups in total. The molecule has 1 nitrogen and oxygen atoms in total. The summed E-state index contributed by atoms with van der Waals surface area (Å²) in [6, 6.07) is 5.13. The van der Waals surface area contributed by atoms with Gasteiger partial charge in [0.05, 0.1) is 9.99 Å². The van der Waals surface area contributed by atoms with E-state index in [9.17, 15) is 4.39 Å². The van der Waals surface area contributed by atoms with Crippen molar-refractivity contribution in [2.24, 2.45) is 0 Å². The average Bonchev–Trinajstić information content (AvgIpc) is 2.12. The Morgan fingerprint density at radius 3 is 2.92 bits per heavy atom. The first-order chi connectivity index (χ1) is 6.18. The predicted molar refractivity (Wildman–Crippen MR) is 62.1 cm³/mol. The van der Waals surface area contributed by atoms with Gasteiger partial charge >= 0.3 is 0 Å². The van der Waals surface area contributed by atoms with Crippen molar-refractivity contribution in [3.8, 4) is 0 Å². The van der Waals surface area contributed by atoms with Gasteiger partial charge in [-0.25, -0.2) is 4.39 Å². The molecule has 0 fully saturated rings. The van der Waals surface area contributed by atoms with Crippen LogP contribution in [-0.4, -0.2) is 4.98 Å². The van der Waals surface area contributed by atoms with Crippen LogP contribution >= 0.6 is 38.5 Å². The topological polar surface area (TPSA) is 12.9 Å². The Bertz CT molecular complexity index is 472. The molecule has 0 saturated heterocycles. The second-order valence-electron chi connectivity index (χ2n) is 2.59. The molecule has 0 aliphatic heterocycles. The summed E-state index contributed by atoms with van der Waals surface area (Å²) < 4.78 is 14.5. The van der Waals surface area contributed by atoms with Gasteiger partial charge in [0.15, 0.2) is 0 Å². The lowest BCUT2D eigenvalue weighted by Crippen LogP contribution is -1.85. The van der Waals surface area contributed by atoms with Crippen LogP contribution in [0.3, 0.4) is 0 Å². The van der Waals surface area contributed by atoms with Gasteiger partial charge in [-0.1, -0.05) is 0 Å². The van der Waals surface area contributed by atoms with Gasteiger partial charge in [-0.3, -0.25) is 4.98 Å². The fourth-order valence-corrected chi connectivity index (χ4v) is 2.05. The normalized spacial score (nSPS) is 10.7. The second-order valence-corrected chi connectivity index (χ2v) is 4.63. The highest BCUT2D eigenvalue weighted by molar-refractivity contribution is 14.1. The number of hydrogen-bond donors (Lipinski definition) is 0. The summed E-state index contributed by atoms with van der Waals surface area (Å²) in [6.45, 7) is 0. The van der Waals surface area contributed by atoms with Crippen LogP contribution in [0, 0.1) is 9.39 Å².